The van der Waals surface area contributed by atoms with E-state index in [1.807, 2.05) is 6.07 Å². The van der Waals surface area contributed by atoms with E-state index in [0.717, 1.165) is 36.4 Å². The molecule has 7 heteroatoms. The lowest BCUT2D eigenvalue weighted by Gasteiger charge is -2.22. The molecule has 1 aliphatic heterocycles. The maximum atomic E-state index is 6.44. The third-order valence-corrected chi connectivity index (χ3v) is 6.63. The van der Waals surface area contributed by atoms with E-state index in [2.05, 4.69) is 102 Å². The summed E-state index contributed by atoms with van der Waals surface area (Å²) in [5, 5.41) is 7.27. The lowest BCUT2D eigenvalue weighted by Crippen LogP contribution is -2.31. The Morgan fingerprint density at radius 1 is 1.12 bits per heavy atom. The van der Waals surface area contributed by atoms with Crippen LogP contribution in [0.5, 0.6) is 0 Å². The number of rotatable bonds is 8. The van der Waals surface area contributed by atoms with Crippen molar-refractivity contribution in [2.75, 3.05) is 42.7 Å². The normalized spacial score (nSPS) is 15.9. The Bertz CT molecular complexity index is 1130. The van der Waals surface area contributed by atoms with Crippen molar-refractivity contribution in [3.05, 3.63) is 64.8 Å². The van der Waals surface area contributed by atoms with Crippen LogP contribution in [-0.2, 0) is 6.42 Å². The molecule has 1 atom stereocenters. The molecule has 6 nitrogen and oxygen atoms in total. The van der Waals surface area contributed by atoms with Gasteiger partial charge in [-0.3, -0.25) is 0 Å². The van der Waals surface area contributed by atoms with Crippen molar-refractivity contribution in [3.63, 3.8) is 0 Å². The van der Waals surface area contributed by atoms with Crippen LogP contribution in [0.1, 0.15) is 31.4 Å². The number of para-hydroxylation sites is 1. The number of aromatic nitrogens is 2. The number of halogens is 1. The number of nitrogens with one attached hydrogen (secondary N) is 2. The molecule has 2 aromatic carbocycles. The van der Waals surface area contributed by atoms with Crippen LogP contribution >= 0.6 is 11.6 Å². The van der Waals surface area contributed by atoms with E-state index in [-0.39, 0.29) is 0 Å². The van der Waals surface area contributed by atoms with Gasteiger partial charge in [0.05, 0.1) is 6.20 Å². The zero-order chi connectivity index (χ0) is 24.2. The first-order chi connectivity index (χ1) is 16.3. The summed E-state index contributed by atoms with van der Waals surface area (Å²) in [7, 11) is 4.31. The van der Waals surface area contributed by atoms with Crippen molar-refractivity contribution in [2.45, 2.75) is 39.7 Å². The molecule has 0 unspecified atom stereocenters. The lowest BCUT2D eigenvalue weighted by molar-refractivity contribution is 0.315. The SMILES string of the molecule is Cc1cc(N2CC[C@H](N(C)C)C2)ccc1Nc1ncc(Cl)c(Nc2ccccc2CC(C)C)n1. The van der Waals surface area contributed by atoms with Crippen molar-refractivity contribution in [2.24, 2.45) is 5.92 Å². The van der Waals surface area contributed by atoms with E-state index in [1.54, 1.807) is 6.20 Å². The summed E-state index contributed by atoms with van der Waals surface area (Å²) in [6.45, 7) is 8.70. The highest BCUT2D eigenvalue weighted by Crippen LogP contribution is 2.30. The minimum absolute atomic E-state index is 0.487. The maximum Gasteiger partial charge on any atom is 0.229 e. The summed E-state index contributed by atoms with van der Waals surface area (Å²) >= 11 is 6.44. The topological polar surface area (TPSA) is 56.3 Å². The minimum atomic E-state index is 0.487. The molecule has 2 N–H and O–H groups in total. The smallest absolute Gasteiger partial charge is 0.229 e. The predicted molar refractivity (Wildman–Crippen MR) is 144 cm³/mol. The van der Waals surface area contributed by atoms with E-state index in [0.29, 0.717) is 28.7 Å². The fourth-order valence-electron chi connectivity index (χ4n) is 4.41. The van der Waals surface area contributed by atoms with E-state index in [4.69, 9.17) is 11.6 Å². The molecule has 34 heavy (non-hydrogen) atoms. The molecular formula is C27H35ClN6. The molecule has 0 bridgehead atoms. The Balaban J connectivity index is 1.50. The zero-order valence-electron chi connectivity index (χ0n) is 20.8. The van der Waals surface area contributed by atoms with Gasteiger partial charge in [0.25, 0.3) is 0 Å². The van der Waals surface area contributed by atoms with Crippen LogP contribution in [0.4, 0.5) is 28.8 Å². The fraction of sp³-hybridized carbons (Fsp3) is 0.407. The average molecular weight is 479 g/mol. The monoisotopic (exact) mass is 478 g/mol. The molecule has 0 spiro atoms. The number of nitrogens with zero attached hydrogens (tertiary/aromatic N) is 4. The van der Waals surface area contributed by atoms with Crippen LogP contribution in [0.15, 0.2) is 48.7 Å². The third kappa shape index (κ3) is 5.80. The molecule has 2 heterocycles. The number of benzene rings is 2. The first-order valence-electron chi connectivity index (χ1n) is 12.0. The quantitative estimate of drug-likeness (QED) is 0.398. The van der Waals surface area contributed by atoms with E-state index in [1.165, 1.54) is 17.7 Å². The van der Waals surface area contributed by atoms with Crippen molar-refractivity contribution in [1.82, 2.24) is 14.9 Å². The molecule has 3 aromatic rings. The maximum absolute atomic E-state index is 6.44. The minimum Gasteiger partial charge on any atom is -0.370 e. The molecule has 1 fully saturated rings. The second kappa shape index (κ2) is 10.6. The van der Waals surface area contributed by atoms with Gasteiger partial charge >= 0.3 is 0 Å². The second-order valence-corrected chi connectivity index (χ2v) is 10.2. The van der Waals surface area contributed by atoms with E-state index < -0.39 is 0 Å². The van der Waals surface area contributed by atoms with Gasteiger partial charge in [0.15, 0.2) is 5.82 Å². The molecule has 180 valence electrons. The van der Waals surface area contributed by atoms with Crippen LogP contribution in [0, 0.1) is 12.8 Å². The standard InChI is InChI=1S/C27H35ClN6/c1-18(2)14-20-8-6-7-9-25(20)30-26-23(28)16-29-27(32-26)31-24-11-10-21(15-19(24)3)34-13-12-22(17-34)33(4)5/h6-11,15-16,18,22H,12-14,17H2,1-5H3,(H2,29,30,31,32)/t22-/m0/s1. The number of aryl methyl sites for hydroxylation is 1. The Hall–Kier alpha value is -2.83. The molecule has 0 amide bonds. The van der Waals surface area contributed by atoms with Gasteiger partial charge in [-0.15, -0.1) is 0 Å². The van der Waals surface area contributed by atoms with Crippen LogP contribution in [0.25, 0.3) is 0 Å². The highest BCUT2D eigenvalue weighted by molar-refractivity contribution is 6.32. The molecule has 1 saturated heterocycles. The summed E-state index contributed by atoms with van der Waals surface area (Å²) in [6.07, 6.45) is 3.81. The molecule has 0 radical (unpaired) electrons. The van der Waals surface area contributed by atoms with Crippen molar-refractivity contribution >= 4 is 40.4 Å². The zero-order valence-corrected chi connectivity index (χ0v) is 21.5. The second-order valence-electron chi connectivity index (χ2n) is 9.75. The van der Waals surface area contributed by atoms with Gasteiger partial charge in [-0.1, -0.05) is 43.6 Å². The van der Waals surface area contributed by atoms with Gasteiger partial charge in [0, 0.05) is 36.2 Å². The molecule has 1 aliphatic rings. The first-order valence-corrected chi connectivity index (χ1v) is 12.3. The number of hydrogen-bond donors (Lipinski definition) is 2. The fourth-order valence-corrected chi connectivity index (χ4v) is 4.54. The molecule has 0 saturated carbocycles. The molecule has 0 aliphatic carbocycles. The number of hydrogen-bond acceptors (Lipinski definition) is 6. The average Bonchev–Trinajstić information content (AvgIpc) is 3.29. The Morgan fingerprint density at radius 2 is 1.91 bits per heavy atom. The van der Waals surface area contributed by atoms with Crippen LogP contribution in [-0.4, -0.2) is 48.1 Å². The summed E-state index contributed by atoms with van der Waals surface area (Å²) in [4.78, 5) is 13.8. The summed E-state index contributed by atoms with van der Waals surface area (Å²) in [5.41, 5.74) is 5.66. The molecule has 1 aromatic heterocycles. The van der Waals surface area contributed by atoms with Crippen molar-refractivity contribution < 1.29 is 0 Å². The van der Waals surface area contributed by atoms with Gasteiger partial charge in [0.2, 0.25) is 5.95 Å². The van der Waals surface area contributed by atoms with E-state index in [9.17, 15) is 0 Å². The summed E-state index contributed by atoms with van der Waals surface area (Å²) < 4.78 is 0. The Kier molecular flexibility index (Phi) is 7.59. The largest absolute Gasteiger partial charge is 0.370 e. The van der Waals surface area contributed by atoms with Gasteiger partial charge in [0.1, 0.15) is 5.02 Å². The highest BCUT2D eigenvalue weighted by Gasteiger charge is 2.24. The van der Waals surface area contributed by atoms with Crippen LogP contribution < -0.4 is 15.5 Å². The first kappa shape index (κ1) is 24.3. The van der Waals surface area contributed by atoms with Gasteiger partial charge in [-0.05, 0) is 75.2 Å². The van der Waals surface area contributed by atoms with Gasteiger partial charge < -0.3 is 20.4 Å². The van der Waals surface area contributed by atoms with Crippen LogP contribution in [0.3, 0.4) is 0 Å². The number of anilines is 5. The van der Waals surface area contributed by atoms with Crippen molar-refractivity contribution in [1.29, 1.82) is 0 Å². The van der Waals surface area contributed by atoms with E-state index >= 15 is 0 Å². The molecule has 4 rings (SSSR count). The molecular weight excluding hydrogens is 444 g/mol. The number of likely N-dealkylation sites (N-methyl/N-ethyl adjacent to an activating group) is 1. The summed E-state index contributed by atoms with van der Waals surface area (Å²) in [6, 6.07) is 15.4. The predicted octanol–water partition coefficient (Wildman–Crippen LogP) is 6.26. The lowest BCUT2D eigenvalue weighted by atomic mass is 10.0. The van der Waals surface area contributed by atoms with Gasteiger partial charge in [-0.25, -0.2) is 4.98 Å². The summed E-state index contributed by atoms with van der Waals surface area (Å²) in [5.74, 6) is 1.66. The third-order valence-electron chi connectivity index (χ3n) is 6.36. The Labute approximate surface area is 208 Å². The Morgan fingerprint density at radius 3 is 2.62 bits per heavy atom. The highest BCUT2D eigenvalue weighted by atomic mass is 35.5. The van der Waals surface area contributed by atoms with Gasteiger partial charge in [-0.2, -0.15) is 4.98 Å². The van der Waals surface area contributed by atoms with Crippen molar-refractivity contribution in [3.8, 4) is 0 Å². The van der Waals surface area contributed by atoms with Crippen LogP contribution in [0.2, 0.25) is 5.02 Å².